The van der Waals surface area contributed by atoms with E-state index < -0.39 is 10.0 Å². The monoisotopic (exact) mass is 362 g/mol. The Bertz CT molecular complexity index is 771. The largest absolute Gasteiger partial charge is 0.297 e. The number of hydrogen-bond donors (Lipinski definition) is 0. The predicted molar refractivity (Wildman–Crippen MR) is 96.7 cm³/mol. The highest BCUT2D eigenvalue weighted by Crippen LogP contribution is 2.32. The summed E-state index contributed by atoms with van der Waals surface area (Å²) in [6.45, 7) is 2.28. The van der Waals surface area contributed by atoms with Crippen molar-refractivity contribution in [2.45, 2.75) is 35.6 Å². The van der Waals surface area contributed by atoms with Crippen LogP contribution in [0, 0.1) is 0 Å². The van der Waals surface area contributed by atoms with Gasteiger partial charge in [0, 0.05) is 31.7 Å². The summed E-state index contributed by atoms with van der Waals surface area (Å²) < 4.78 is 28.3. The minimum atomic E-state index is -3.39. The van der Waals surface area contributed by atoms with Crippen molar-refractivity contribution >= 4 is 21.4 Å². The SMILES string of the molecule is O=S(=O)(c1cccs1)N1CCN(C2CC2)CC1Cc1ccccc1. The summed E-state index contributed by atoms with van der Waals surface area (Å²) in [7, 11) is -3.39. The number of thiophene rings is 1. The molecule has 1 aliphatic heterocycles. The lowest BCUT2D eigenvalue weighted by atomic mass is 10.0. The molecule has 0 spiro atoms. The average Bonchev–Trinajstić information content (AvgIpc) is 3.29. The van der Waals surface area contributed by atoms with E-state index in [1.807, 2.05) is 29.6 Å². The molecule has 1 atom stereocenters. The van der Waals surface area contributed by atoms with E-state index >= 15 is 0 Å². The number of benzene rings is 1. The van der Waals surface area contributed by atoms with E-state index in [9.17, 15) is 8.42 Å². The van der Waals surface area contributed by atoms with Crippen LogP contribution in [0.3, 0.4) is 0 Å². The highest BCUT2D eigenvalue weighted by atomic mass is 32.2. The Morgan fingerprint density at radius 2 is 1.83 bits per heavy atom. The van der Waals surface area contributed by atoms with Crippen LogP contribution in [-0.2, 0) is 16.4 Å². The second-order valence-electron chi connectivity index (χ2n) is 6.62. The molecule has 0 bridgehead atoms. The van der Waals surface area contributed by atoms with Gasteiger partial charge in [-0.25, -0.2) is 8.42 Å². The molecule has 1 saturated carbocycles. The molecular formula is C18H22N2O2S2. The highest BCUT2D eigenvalue weighted by molar-refractivity contribution is 7.91. The second-order valence-corrected chi connectivity index (χ2v) is 9.68. The van der Waals surface area contributed by atoms with Gasteiger partial charge in [-0.3, -0.25) is 4.90 Å². The first-order chi connectivity index (χ1) is 11.6. The van der Waals surface area contributed by atoms with Gasteiger partial charge in [-0.05, 0) is 36.3 Å². The molecule has 4 rings (SSSR count). The molecule has 0 N–H and O–H groups in total. The Kier molecular flexibility index (Phi) is 4.47. The standard InChI is InChI=1S/C18H22N2O2S2/c21-24(22,18-7-4-12-23-18)20-11-10-19(16-8-9-16)14-17(20)13-15-5-2-1-3-6-15/h1-7,12,16-17H,8-11,13-14H2. The Balaban J connectivity index is 1.60. The van der Waals surface area contributed by atoms with E-state index in [4.69, 9.17) is 0 Å². The maximum absolute atomic E-state index is 13.1. The maximum atomic E-state index is 13.1. The third kappa shape index (κ3) is 3.28. The molecule has 6 heteroatoms. The summed E-state index contributed by atoms with van der Waals surface area (Å²) in [6, 6.07) is 14.4. The zero-order chi connectivity index (χ0) is 16.6. The quantitative estimate of drug-likeness (QED) is 0.821. The van der Waals surface area contributed by atoms with Crippen molar-refractivity contribution in [1.29, 1.82) is 0 Å². The molecule has 128 valence electrons. The number of rotatable bonds is 5. The van der Waals surface area contributed by atoms with Crippen molar-refractivity contribution in [1.82, 2.24) is 9.21 Å². The van der Waals surface area contributed by atoms with Crippen LogP contribution >= 0.6 is 11.3 Å². The van der Waals surface area contributed by atoms with Gasteiger partial charge in [0.25, 0.3) is 10.0 Å². The van der Waals surface area contributed by atoms with Crippen molar-refractivity contribution in [2.24, 2.45) is 0 Å². The zero-order valence-corrected chi connectivity index (χ0v) is 15.2. The predicted octanol–water partition coefficient (Wildman–Crippen LogP) is 2.83. The van der Waals surface area contributed by atoms with E-state index in [2.05, 4.69) is 17.0 Å². The van der Waals surface area contributed by atoms with Gasteiger partial charge < -0.3 is 0 Å². The third-order valence-electron chi connectivity index (χ3n) is 4.90. The van der Waals surface area contributed by atoms with Crippen LogP contribution in [0.25, 0.3) is 0 Å². The number of hydrogen-bond acceptors (Lipinski definition) is 4. The molecule has 24 heavy (non-hydrogen) atoms. The molecule has 1 aliphatic carbocycles. The third-order valence-corrected chi connectivity index (χ3v) is 8.22. The first kappa shape index (κ1) is 16.3. The fourth-order valence-corrected chi connectivity index (χ4v) is 6.25. The molecule has 1 unspecified atom stereocenters. The fraction of sp³-hybridized carbons (Fsp3) is 0.444. The Hall–Kier alpha value is -1.21. The summed E-state index contributed by atoms with van der Waals surface area (Å²) in [4.78, 5) is 2.48. The molecule has 2 fully saturated rings. The van der Waals surface area contributed by atoms with Gasteiger partial charge in [-0.15, -0.1) is 11.3 Å². The van der Waals surface area contributed by atoms with E-state index in [0.717, 1.165) is 19.5 Å². The van der Waals surface area contributed by atoms with E-state index in [1.54, 1.807) is 10.4 Å². The van der Waals surface area contributed by atoms with Gasteiger partial charge in [0.1, 0.15) is 4.21 Å². The Labute approximate surface area is 147 Å². The first-order valence-electron chi connectivity index (χ1n) is 8.48. The summed E-state index contributed by atoms with van der Waals surface area (Å²) in [5.74, 6) is 0. The fourth-order valence-electron chi connectivity index (χ4n) is 3.53. The molecule has 2 heterocycles. The minimum absolute atomic E-state index is 0.00819. The smallest absolute Gasteiger partial charge is 0.252 e. The molecular weight excluding hydrogens is 340 g/mol. The molecule has 0 radical (unpaired) electrons. The van der Waals surface area contributed by atoms with Crippen molar-refractivity contribution in [3.63, 3.8) is 0 Å². The van der Waals surface area contributed by atoms with Crippen molar-refractivity contribution in [3.05, 3.63) is 53.4 Å². The Morgan fingerprint density at radius 3 is 2.50 bits per heavy atom. The molecule has 1 aromatic heterocycles. The van der Waals surface area contributed by atoms with Crippen LogP contribution in [0.1, 0.15) is 18.4 Å². The van der Waals surface area contributed by atoms with Gasteiger partial charge in [-0.1, -0.05) is 36.4 Å². The van der Waals surface area contributed by atoms with Crippen molar-refractivity contribution in [3.8, 4) is 0 Å². The van der Waals surface area contributed by atoms with Gasteiger partial charge >= 0.3 is 0 Å². The Morgan fingerprint density at radius 1 is 1.04 bits per heavy atom. The van der Waals surface area contributed by atoms with Crippen LogP contribution in [0.5, 0.6) is 0 Å². The van der Waals surface area contributed by atoms with Gasteiger partial charge in [0.05, 0.1) is 0 Å². The van der Waals surface area contributed by atoms with Crippen LogP contribution in [-0.4, -0.2) is 49.3 Å². The molecule has 2 aromatic rings. The molecule has 1 aromatic carbocycles. The molecule has 0 amide bonds. The second kappa shape index (κ2) is 6.59. The number of piperazine rings is 1. The topological polar surface area (TPSA) is 40.6 Å². The molecule has 1 saturated heterocycles. The van der Waals surface area contributed by atoms with Gasteiger partial charge in [0.2, 0.25) is 0 Å². The first-order valence-corrected chi connectivity index (χ1v) is 10.8. The number of sulfonamides is 1. The van der Waals surface area contributed by atoms with E-state index in [1.165, 1.54) is 29.7 Å². The lowest BCUT2D eigenvalue weighted by molar-refractivity contribution is 0.128. The van der Waals surface area contributed by atoms with E-state index in [0.29, 0.717) is 16.8 Å². The van der Waals surface area contributed by atoms with E-state index in [-0.39, 0.29) is 6.04 Å². The van der Waals surface area contributed by atoms with Crippen molar-refractivity contribution in [2.75, 3.05) is 19.6 Å². The van der Waals surface area contributed by atoms with Crippen LogP contribution in [0.2, 0.25) is 0 Å². The average molecular weight is 363 g/mol. The summed E-state index contributed by atoms with van der Waals surface area (Å²) in [6.07, 6.45) is 3.29. The highest BCUT2D eigenvalue weighted by Gasteiger charge is 2.40. The lowest BCUT2D eigenvalue weighted by Crippen LogP contribution is -2.56. The maximum Gasteiger partial charge on any atom is 0.252 e. The molecule has 2 aliphatic rings. The van der Waals surface area contributed by atoms with Gasteiger partial charge in [0.15, 0.2) is 0 Å². The normalized spacial score (nSPS) is 23.4. The van der Waals surface area contributed by atoms with Gasteiger partial charge in [-0.2, -0.15) is 4.31 Å². The lowest BCUT2D eigenvalue weighted by Gasteiger charge is -2.40. The zero-order valence-electron chi connectivity index (χ0n) is 13.5. The van der Waals surface area contributed by atoms with Crippen molar-refractivity contribution < 1.29 is 8.42 Å². The molecule has 4 nitrogen and oxygen atoms in total. The summed E-state index contributed by atoms with van der Waals surface area (Å²) >= 11 is 1.31. The van der Waals surface area contributed by atoms with Crippen LogP contribution in [0.4, 0.5) is 0 Å². The summed E-state index contributed by atoms with van der Waals surface area (Å²) in [5, 5.41) is 1.83. The number of nitrogens with zero attached hydrogens (tertiary/aromatic N) is 2. The summed E-state index contributed by atoms with van der Waals surface area (Å²) in [5.41, 5.74) is 1.20. The minimum Gasteiger partial charge on any atom is -0.297 e. The van der Waals surface area contributed by atoms with Crippen LogP contribution in [0.15, 0.2) is 52.1 Å². The van der Waals surface area contributed by atoms with Crippen LogP contribution < -0.4 is 0 Å².